The lowest BCUT2D eigenvalue weighted by Gasteiger charge is -2.36. The van der Waals surface area contributed by atoms with Crippen LogP contribution in [-0.2, 0) is 0 Å². The van der Waals surface area contributed by atoms with Crippen molar-refractivity contribution in [2.75, 3.05) is 26.7 Å². The second-order valence-electron chi connectivity index (χ2n) is 5.50. The van der Waals surface area contributed by atoms with Crippen molar-refractivity contribution in [1.29, 1.82) is 0 Å². The average molecular weight is 234 g/mol. The fourth-order valence-corrected chi connectivity index (χ4v) is 2.77. The molecule has 0 bridgehead atoms. The van der Waals surface area contributed by atoms with Gasteiger partial charge < -0.3 is 10.2 Å². The number of benzene rings is 1. The van der Waals surface area contributed by atoms with Gasteiger partial charge in [0.2, 0.25) is 0 Å². The molecule has 2 unspecified atom stereocenters. The van der Waals surface area contributed by atoms with Crippen LogP contribution in [-0.4, -0.2) is 37.6 Å². The van der Waals surface area contributed by atoms with E-state index in [9.17, 15) is 4.39 Å². The Bertz CT molecular complexity index is 384. The average Bonchev–Trinajstić information content (AvgIpc) is 3.03. The third-order valence-corrected chi connectivity index (χ3v) is 3.90. The molecule has 3 heteroatoms. The van der Waals surface area contributed by atoms with Gasteiger partial charge in [0.15, 0.2) is 0 Å². The molecule has 1 aliphatic heterocycles. The first kappa shape index (κ1) is 11.2. The topological polar surface area (TPSA) is 15.3 Å². The van der Waals surface area contributed by atoms with E-state index in [1.165, 1.54) is 25.1 Å². The molecule has 1 saturated carbocycles. The van der Waals surface area contributed by atoms with Crippen molar-refractivity contribution >= 4 is 0 Å². The van der Waals surface area contributed by atoms with E-state index in [2.05, 4.69) is 17.3 Å². The Morgan fingerprint density at radius 2 is 2.00 bits per heavy atom. The third-order valence-electron chi connectivity index (χ3n) is 3.90. The van der Waals surface area contributed by atoms with Crippen LogP contribution < -0.4 is 5.32 Å². The Morgan fingerprint density at radius 3 is 2.65 bits per heavy atom. The lowest BCUT2D eigenvalue weighted by molar-refractivity contribution is 0.132. The van der Waals surface area contributed by atoms with Crippen molar-refractivity contribution in [2.24, 2.45) is 5.92 Å². The molecule has 0 aromatic heterocycles. The van der Waals surface area contributed by atoms with E-state index < -0.39 is 0 Å². The van der Waals surface area contributed by atoms with Crippen LogP contribution in [0, 0.1) is 11.7 Å². The summed E-state index contributed by atoms with van der Waals surface area (Å²) in [5, 5.41) is 3.62. The summed E-state index contributed by atoms with van der Waals surface area (Å²) in [4.78, 5) is 2.34. The highest BCUT2D eigenvalue weighted by molar-refractivity contribution is 5.28. The van der Waals surface area contributed by atoms with Gasteiger partial charge in [0.25, 0.3) is 0 Å². The van der Waals surface area contributed by atoms with Crippen LogP contribution in [0.1, 0.15) is 17.9 Å². The summed E-state index contributed by atoms with van der Waals surface area (Å²) in [7, 11) is 2.16. The maximum atomic E-state index is 12.8. The van der Waals surface area contributed by atoms with Gasteiger partial charge in [-0.05, 0) is 37.1 Å². The molecule has 1 aliphatic carbocycles. The molecule has 1 aromatic rings. The molecule has 1 saturated heterocycles. The molecule has 0 spiro atoms. The summed E-state index contributed by atoms with van der Waals surface area (Å²) < 4.78 is 12.8. The Labute approximate surface area is 102 Å². The number of rotatable bonds is 4. The van der Waals surface area contributed by atoms with Crippen LogP contribution in [0.15, 0.2) is 24.3 Å². The normalized spacial score (nSPS) is 29.1. The number of nitrogens with one attached hydrogen (secondary N) is 1. The number of hydrogen-bond acceptors (Lipinski definition) is 2. The van der Waals surface area contributed by atoms with Gasteiger partial charge in [0.1, 0.15) is 5.82 Å². The van der Waals surface area contributed by atoms with Gasteiger partial charge in [-0.25, -0.2) is 4.39 Å². The number of halogens is 1. The standard InChI is InChI=1S/C14H19FN2/c1-17-8-10(9-17)7-16-14-6-13(14)11-2-4-12(15)5-3-11/h2-5,10,13-14,16H,6-9H2,1H3. The van der Waals surface area contributed by atoms with Crippen LogP contribution in [0.25, 0.3) is 0 Å². The minimum atomic E-state index is -0.142. The van der Waals surface area contributed by atoms with Crippen LogP contribution in [0.3, 0.4) is 0 Å². The molecule has 92 valence electrons. The summed E-state index contributed by atoms with van der Waals surface area (Å²) in [6, 6.07) is 7.57. The van der Waals surface area contributed by atoms with Crippen molar-refractivity contribution in [3.05, 3.63) is 35.6 Å². The maximum Gasteiger partial charge on any atom is 0.123 e. The van der Waals surface area contributed by atoms with Crippen LogP contribution in [0.2, 0.25) is 0 Å². The molecule has 1 N–H and O–H groups in total. The third kappa shape index (κ3) is 2.50. The van der Waals surface area contributed by atoms with Gasteiger partial charge in [-0.2, -0.15) is 0 Å². The van der Waals surface area contributed by atoms with Crippen molar-refractivity contribution in [2.45, 2.75) is 18.4 Å². The van der Waals surface area contributed by atoms with E-state index >= 15 is 0 Å². The first-order valence-electron chi connectivity index (χ1n) is 6.40. The van der Waals surface area contributed by atoms with Crippen molar-refractivity contribution in [3.8, 4) is 0 Å². The van der Waals surface area contributed by atoms with E-state index in [1.54, 1.807) is 12.1 Å². The predicted molar refractivity (Wildman–Crippen MR) is 66.5 cm³/mol. The Hall–Kier alpha value is -0.930. The van der Waals surface area contributed by atoms with Crippen molar-refractivity contribution < 1.29 is 4.39 Å². The molecule has 3 rings (SSSR count). The SMILES string of the molecule is CN1CC(CNC2CC2c2ccc(F)cc2)C1. The monoisotopic (exact) mass is 234 g/mol. The van der Waals surface area contributed by atoms with Crippen LogP contribution in [0.5, 0.6) is 0 Å². The van der Waals surface area contributed by atoms with Crippen LogP contribution >= 0.6 is 0 Å². The lowest BCUT2D eigenvalue weighted by atomic mass is 10.0. The van der Waals surface area contributed by atoms with E-state index in [0.717, 1.165) is 12.5 Å². The Morgan fingerprint density at radius 1 is 1.29 bits per heavy atom. The number of hydrogen-bond donors (Lipinski definition) is 1. The Balaban J connectivity index is 1.45. The molecule has 2 fully saturated rings. The van der Waals surface area contributed by atoms with Gasteiger partial charge in [0, 0.05) is 31.6 Å². The second kappa shape index (κ2) is 4.39. The van der Waals surface area contributed by atoms with Gasteiger partial charge >= 0.3 is 0 Å². The van der Waals surface area contributed by atoms with E-state index in [-0.39, 0.29) is 5.82 Å². The molecule has 17 heavy (non-hydrogen) atoms. The minimum Gasteiger partial charge on any atom is -0.313 e. The summed E-state index contributed by atoms with van der Waals surface area (Å²) in [6.45, 7) is 3.58. The molecule has 2 nitrogen and oxygen atoms in total. The molecule has 1 heterocycles. The van der Waals surface area contributed by atoms with Gasteiger partial charge in [-0.1, -0.05) is 12.1 Å². The first-order chi connectivity index (χ1) is 8.22. The van der Waals surface area contributed by atoms with E-state index in [4.69, 9.17) is 0 Å². The fraction of sp³-hybridized carbons (Fsp3) is 0.571. The quantitative estimate of drug-likeness (QED) is 0.855. The van der Waals surface area contributed by atoms with Gasteiger partial charge in [0.05, 0.1) is 0 Å². The largest absolute Gasteiger partial charge is 0.313 e. The highest BCUT2D eigenvalue weighted by Gasteiger charge is 2.38. The zero-order valence-electron chi connectivity index (χ0n) is 10.2. The molecular formula is C14H19FN2. The zero-order chi connectivity index (χ0) is 11.8. The molecule has 2 aliphatic rings. The van der Waals surface area contributed by atoms with E-state index in [0.29, 0.717) is 12.0 Å². The molecule has 0 radical (unpaired) electrons. The zero-order valence-corrected chi connectivity index (χ0v) is 10.2. The predicted octanol–water partition coefficient (Wildman–Crippen LogP) is 1.83. The fourth-order valence-electron chi connectivity index (χ4n) is 2.77. The summed E-state index contributed by atoms with van der Waals surface area (Å²) >= 11 is 0. The number of likely N-dealkylation sites (tertiary alicyclic amines) is 1. The van der Waals surface area contributed by atoms with E-state index in [1.807, 2.05) is 12.1 Å². The summed E-state index contributed by atoms with van der Waals surface area (Å²) in [5.74, 6) is 1.29. The van der Waals surface area contributed by atoms with Gasteiger partial charge in [-0.3, -0.25) is 0 Å². The molecular weight excluding hydrogens is 215 g/mol. The molecule has 0 amide bonds. The lowest BCUT2D eigenvalue weighted by Crippen LogP contribution is -2.48. The highest BCUT2D eigenvalue weighted by Crippen LogP contribution is 2.40. The number of nitrogens with zero attached hydrogens (tertiary/aromatic N) is 1. The molecule has 2 atom stereocenters. The smallest absolute Gasteiger partial charge is 0.123 e. The molecule has 1 aromatic carbocycles. The van der Waals surface area contributed by atoms with Crippen molar-refractivity contribution in [1.82, 2.24) is 10.2 Å². The van der Waals surface area contributed by atoms with Gasteiger partial charge in [-0.15, -0.1) is 0 Å². The second-order valence-corrected chi connectivity index (χ2v) is 5.50. The maximum absolute atomic E-state index is 12.8. The highest BCUT2D eigenvalue weighted by atomic mass is 19.1. The summed E-state index contributed by atoms with van der Waals surface area (Å²) in [6.07, 6.45) is 1.20. The van der Waals surface area contributed by atoms with Crippen molar-refractivity contribution in [3.63, 3.8) is 0 Å². The summed E-state index contributed by atoms with van der Waals surface area (Å²) in [5.41, 5.74) is 1.27. The minimum absolute atomic E-state index is 0.142. The van der Waals surface area contributed by atoms with Crippen LogP contribution in [0.4, 0.5) is 4.39 Å². The Kier molecular flexibility index (Phi) is 2.89. The first-order valence-corrected chi connectivity index (χ1v) is 6.40.